The van der Waals surface area contributed by atoms with Gasteiger partial charge in [-0.3, -0.25) is 0 Å². The first kappa shape index (κ1) is 14.1. The second kappa shape index (κ2) is 4.98. The van der Waals surface area contributed by atoms with Gasteiger partial charge in [-0.15, -0.1) is 0 Å². The normalized spacial score (nSPS) is 11.1. The van der Waals surface area contributed by atoms with E-state index in [1.54, 1.807) is 32.9 Å². The summed E-state index contributed by atoms with van der Waals surface area (Å²) in [6.07, 6.45) is 0. The molecule has 1 heterocycles. The highest BCUT2D eigenvalue weighted by Crippen LogP contribution is 2.24. The quantitative estimate of drug-likeness (QED) is 0.935. The molecule has 104 valence electrons. The third-order valence-corrected chi connectivity index (χ3v) is 4.46. The minimum atomic E-state index is -3.82. The van der Waals surface area contributed by atoms with Crippen molar-refractivity contribution in [2.45, 2.75) is 25.7 Å². The van der Waals surface area contributed by atoms with Gasteiger partial charge < -0.3 is 4.52 Å². The van der Waals surface area contributed by atoms with Crippen LogP contribution in [0.3, 0.4) is 0 Å². The van der Waals surface area contributed by atoms with Gasteiger partial charge in [0, 0.05) is 5.56 Å². The first-order chi connectivity index (χ1) is 9.35. The van der Waals surface area contributed by atoms with Crippen LogP contribution in [0, 0.1) is 32.1 Å². The van der Waals surface area contributed by atoms with E-state index in [1.807, 2.05) is 6.07 Å². The molecule has 0 spiro atoms. The van der Waals surface area contributed by atoms with E-state index >= 15 is 0 Å². The summed E-state index contributed by atoms with van der Waals surface area (Å²) < 4.78 is 32.0. The highest BCUT2D eigenvalue weighted by atomic mass is 32.2. The third-order valence-electron chi connectivity index (χ3n) is 2.99. The summed E-state index contributed by atoms with van der Waals surface area (Å²) in [6, 6.07) is 6.40. The summed E-state index contributed by atoms with van der Waals surface area (Å²) in [5, 5.41) is 12.6. The van der Waals surface area contributed by atoms with Crippen molar-refractivity contribution < 1.29 is 12.9 Å². The highest BCUT2D eigenvalue weighted by Gasteiger charge is 2.21. The van der Waals surface area contributed by atoms with E-state index in [9.17, 15) is 8.42 Å². The number of aryl methyl sites for hydroxylation is 2. The molecule has 2 rings (SSSR count). The van der Waals surface area contributed by atoms with E-state index in [1.165, 1.54) is 6.07 Å². The SMILES string of the molecule is Cc1ccc(C#N)cc1S(=O)(=O)Nc1onc(C)c1C. The smallest absolute Gasteiger partial charge is 0.264 e. The van der Waals surface area contributed by atoms with Crippen LogP contribution in [0.4, 0.5) is 5.88 Å². The Labute approximate surface area is 117 Å². The van der Waals surface area contributed by atoms with Gasteiger partial charge in [0.1, 0.15) is 0 Å². The van der Waals surface area contributed by atoms with E-state index in [4.69, 9.17) is 9.78 Å². The molecule has 20 heavy (non-hydrogen) atoms. The molecule has 0 saturated carbocycles. The minimum absolute atomic E-state index is 0.0463. The van der Waals surface area contributed by atoms with Gasteiger partial charge in [-0.25, -0.2) is 13.1 Å². The zero-order chi connectivity index (χ0) is 14.9. The Bertz CT molecular complexity index is 801. The molecule has 0 amide bonds. The Kier molecular flexibility index (Phi) is 3.51. The molecule has 1 aromatic heterocycles. The van der Waals surface area contributed by atoms with Gasteiger partial charge in [0.15, 0.2) is 0 Å². The topological polar surface area (TPSA) is 96.0 Å². The lowest BCUT2D eigenvalue weighted by molar-refractivity contribution is 0.430. The average molecular weight is 291 g/mol. The predicted octanol–water partition coefficient (Wildman–Crippen LogP) is 2.27. The van der Waals surface area contributed by atoms with Crippen molar-refractivity contribution in [3.05, 3.63) is 40.6 Å². The summed E-state index contributed by atoms with van der Waals surface area (Å²) in [7, 11) is -3.82. The molecule has 0 aliphatic carbocycles. The maximum absolute atomic E-state index is 12.3. The van der Waals surface area contributed by atoms with Gasteiger partial charge in [0.05, 0.1) is 22.2 Å². The maximum Gasteiger partial charge on any atom is 0.264 e. The fraction of sp³-hybridized carbons (Fsp3) is 0.231. The number of hydrogen-bond donors (Lipinski definition) is 1. The Morgan fingerprint density at radius 2 is 2.00 bits per heavy atom. The Morgan fingerprint density at radius 1 is 1.30 bits per heavy atom. The number of benzene rings is 1. The van der Waals surface area contributed by atoms with Crippen LogP contribution in [0.25, 0.3) is 0 Å². The van der Waals surface area contributed by atoms with Crippen LogP contribution >= 0.6 is 0 Å². The van der Waals surface area contributed by atoms with Crippen molar-refractivity contribution in [3.8, 4) is 6.07 Å². The second-order valence-corrected chi connectivity index (χ2v) is 6.07. The van der Waals surface area contributed by atoms with E-state index in [0.29, 0.717) is 16.8 Å². The van der Waals surface area contributed by atoms with Crippen LogP contribution in [0.1, 0.15) is 22.4 Å². The van der Waals surface area contributed by atoms with Crippen LogP contribution in [0.2, 0.25) is 0 Å². The summed E-state index contributed by atoms with van der Waals surface area (Å²) in [4.78, 5) is 0.0463. The molecule has 0 bridgehead atoms. The molecule has 2 aromatic rings. The number of hydrogen-bond acceptors (Lipinski definition) is 5. The van der Waals surface area contributed by atoms with Crippen LogP contribution in [-0.2, 0) is 10.0 Å². The zero-order valence-electron chi connectivity index (χ0n) is 11.3. The number of nitriles is 1. The van der Waals surface area contributed by atoms with E-state index in [2.05, 4.69) is 9.88 Å². The van der Waals surface area contributed by atoms with Gasteiger partial charge in [-0.1, -0.05) is 11.2 Å². The second-order valence-electron chi connectivity index (χ2n) is 4.42. The number of aromatic nitrogens is 1. The van der Waals surface area contributed by atoms with Crippen molar-refractivity contribution in [1.82, 2.24) is 5.16 Å². The fourth-order valence-corrected chi connectivity index (χ4v) is 2.97. The lowest BCUT2D eigenvalue weighted by atomic mass is 10.2. The Balaban J connectivity index is 2.46. The molecular weight excluding hydrogens is 278 g/mol. The summed E-state index contributed by atoms with van der Waals surface area (Å²) in [5.74, 6) is 0.0873. The molecule has 6 nitrogen and oxygen atoms in total. The number of sulfonamides is 1. The third kappa shape index (κ3) is 2.51. The molecular formula is C13H13N3O3S. The number of rotatable bonds is 3. The van der Waals surface area contributed by atoms with Crippen molar-refractivity contribution in [1.29, 1.82) is 5.26 Å². The molecule has 0 saturated heterocycles. The standard InChI is InChI=1S/C13H13N3O3S/c1-8-4-5-11(7-14)6-12(8)20(17,18)16-13-9(2)10(3)15-19-13/h4-6,16H,1-3H3. The summed E-state index contributed by atoms with van der Waals surface area (Å²) >= 11 is 0. The maximum atomic E-state index is 12.3. The average Bonchev–Trinajstić information content (AvgIpc) is 2.70. The lowest BCUT2D eigenvalue weighted by Gasteiger charge is -2.08. The minimum Gasteiger partial charge on any atom is -0.337 e. The number of nitrogens with one attached hydrogen (secondary N) is 1. The van der Waals surface area contributed by atoms with Crippen LogP contribution in [0.15, 0.2) is 27.6 Å². The van der Waals surface area contributed by atoms with Crippen LogP contribution in [-0.4, -0.2) is 13.6 Å². The first-order valence-electron chi connectivity index (χ1n) is 5.81. The lowest BCUT2D eigenvalue weighted by Crippen LogP contribution is -2.14. The van der Waals surface area contributed by atoms with Crippen LogP contribution in [0.5, 0.6) is 0 Å². The molecule has 1 aromatic carbocycles. The van der Waals surface area contributed by atoms with Crippen molar-refractivity contribution in [3.63, 3.8) is 0 Å². The Morgan fingerprint density at radius 3 is 2.55 bits per heavy atom. The monoisotopic (exact) mass is 291 g/mol. The molecule has 0 atom stereocenters. The molecule has 0 radical (unpaired) electrons. The van der Waals surface area contributed by atoms with E-state index in [-0.39, 0.29) is 16.3 Å². The van der Waals surface area contributed by atoms with Crippen LogP contribution < -0.4 is 4.72 Å². The molecule has 0 unspecified atom stereocenters. The number of anilines is 1. The predicted molar refractivity (Wildman–Crippen MR) is 72.7 cm³/mol. The number of nitrogens with zero attached hydrogens (tertiary/aromatic N) is 2. The fourth-order valence-electron chi connectivity index (χ4n) is 1.65. The van der Waals surface area contributed by atoms with E-state index < -0.39 is 10.0 Å². The molecule has 0 aliphatic rings. The van der Waals surface area contributed by atoms with Gasteiger partial charge in [0.25, 0.3) is 10.0 Å². The summed E-state index contributed by atoms with van der Waals surface area (Å²) in [5.41, 5.74) is 2.07. The zero-order valence-corrected chi connectivity index (χ0v) is 12.1. The van der Waals surface area contributed by atoms with Gasteiger partial charge >= 0.3 is 0 Å². The van der Waals surface area contributed by atoms with Gasteiger partial charge in [0.2, 0.25) is 5.88 Å². The summed E-state index contributed by atoms with van der Waals surface area (Å²) in [6.45, 7) is 5.09. The molecule has 1 N–H and O–H groups in total. The molecule has 0 fully saturated rings. The molecule has 7 heteroatoms. The van der Waals surface area contributed by atoms with E-state index in [0.717, 1.165) is 0 Å². The van der Waals surface area contributed by atoms with Crippen molar-refractivity contribution in [2.24, 2.45) is 0 Å². The highest BCUT2D eigenvalue weighted by molar-refractivity contribution is 7.92. The molecule has 0 aliphatic heterocycles. The van der Waals surface area contributed by atoms with Gasteiger partial charge in [-0.05, 0) is 38.5 Å². The largest absolute Gasteiger partial charge is 0.337 e. The Hall–Kier alpha value is -2.33. The first-order valence-corrected chi connectivity index (χ1v) is 7.30. The van der Waals surface area contributed by atoms with Crippen molar-refractivity contribution >= 4 is 15.9 Å². The van der Waals surface area contributed by atoms with Crippen molar-refractivity contribution in [2.75, 3.05) is 4.72 Å². The van der Waals surface area contributed by atoms with Gasteiger partial charge in [-0.2, -0.15) is 5.26 Å².